The quantitative estimate of drug-likeness (QED) is 0.580. The van der Waals surface area contributed by atoms with Gasteiger partial charge in [0.1, 0.15) is 0 Å². The highest BCUT2D eigenvalue weighted by atomic mass is 16.2. The zero-order valence-corrected chi connectivity index (χ0v) is 7.97. The van der Waals surface area contributed by atoms with Gasteiger partial charge in [0.15, 0.2) is 0 Å². The summed E-state index contributed by atoms with van der Waals surface area (Å²) in [5.41, 5.74) is 0. The summed E-state index contributed by atoms with van der Waals surface area (Å²) in [6, 6.07) is 0. The highest BCUT2D eigenvalue weighted by Crippen LogP contribution is 1.87. The Morgan fingerprint density at radius 2 is 1.36 bits per heavy atom. The fourth-order valence-corrected chi connectivity index (χ4v) is 0.667. The first-order chi connectivity index (χ1) is 5.09. The smallest absolute Gasteiger partial charge is 0.226 e. The molecule has 66 valence electrons. The van der Waals surface area contributed by atoms with Crippen LogP contribution in [0.5, 0.6) is 0 Å². The second-order valence-corrected chi connectivity index (χ2v) is 1.78. The van der Waals surface area contributed by atoms with E-state index in [1.165, 1.54) is 18.7 Å². The molecule has 11 heavy (non-hydrogen) atoms. The van der Waals surface area contributed by atoms with Crippen molar-refractivity contribution in [3.8, 4) is 0 Å². The van der Waals surface area contributed by atoms with Crippen LogP contribution in [0.1, 0.15) is 34.6 Å². The average molecular weight is 159 g/mol. The van der Waals surface area contributed by atoms with Crippen LogP contribution >= 0.6 is 0 Å². The molecule has 0 aliphatic carbocycles. The van der Waals surface area contributed by atoms with Crippen LogP contribution in [0, 0.1) is 0 Å². The minimum atomic E-state index is -0.190. The van der Waals surface area contributed by atoms with E-state index in [0.717, 1.165) is 0 Å². The van der Waals surface area contributed by atoms with Gasteiger partial charge in [0.05, 0.1) is 0 Å². The van der Waals surface area contributed by atoms with Gasteiger partial charge in [-0.25, -0.2) is 0 Å². The third-order valence-electron chi connectivity index (χ3n) is 1.08. The summed E-state index contributed by atoms with van der Waals surface area (Å²) in [7, 11) is 0. The molecule has 0 heterocycles. The van der Waals surface area contributed by atoms with Crippen LogP contribution in [-0.2, 0) is 9.59 Å². The van der Waals surface area contributed by atoms with Crippen LogP contribution in [0.4, 0.5) is 0 Å². The van der Waals surface area contributed by atoms with Gasteiger partial charge < -0.3 is 0 Å². The van der Waals surface area contributed by atoms with Gasteiger partial charge in [-0.2, -0.15) is 0 Å². The minimum absolute atomic E-state index is 0.190. The monoisotopic (exact) mass is 159 g/mol. The van der Waals surface area contributed by atoms with Crippen molar-refractivity contribution in [2.45, 2.75) is 34.6 Å². The van der Waals surface area contributed by atoms with Crippen LogP contribution in [0.3, 0.4) is 0 Å². The molecule has 3 nitrogen and oxygen atoms in total. The first-order valence-corrected chi connectivity index (χ1v) is 3.88. The molecule has 0 aromatic rings. The summed E-state index contributed by atoms with van der Waals surface area (Å²) >= 11 is 0. The lowest BCUT2D eigenvalue weighted by Gasteiger charge is -2.12. The fraction of sp³-hybridized carbons (Fsp3) is 0.750. The lowest BCUT2D eigenvalue weighted by molar-refractivity contribution is -0.141. The minimum Gasteiger partial charge on any atom is -0.283 e. The topological polar surface area (TPSA) is 37.4 Å². The number of imide groups is 1. The highest BCUT2D eigenvalue weighted by Gasteiger charge is 2.08. The number of nitrogens with zero attached hydrogens (tertiary/aromatic N) is 1. The number of hydrogen-bond acceptors (Lipinski definition) is 2. The van der Waals surface area contributed by atoms with Gasteiger partial charge >= 0.3 is 0 Å². The maximum atomic E-state index is 10.5. The molecule has 0 bridgehead atoms. The predicted octanol–water partition coefficient (Wildman–Crippen LogP) is 1.43. The zero-order valence-electron chi connectivity index (χ0n) is 7.97. The Morgan fingerprint density at radius 1 is 1.09 bits per heavy atom. The van der Waals surface area contributed by atoms with E-state index in [1.54, 1.807) is 6.92 Å². The van der Waals surface area contributed by atoms with E-state index in [4.69, 9.17) is 0 Å². The van der Waals surface area contributed by atoms with Gasteiger partial charge in [0, 0.05) is 20.4 Å². The van der Waals surface area contributed by atoms with E-state index in [9.17, 15) is 9.59 Å². The average Bonchev–Trinajstić information content (AvgIpc) is 1.91. The Morgan fingerprint density at radius 3 is 1.36 bits per heavy atom. The van der Waals surface area contributed by atoms with Crippen molar-refractivity contribution < 1.29 is 9.59 Å². The van der Waals surface area contributed by atoms with Crippen LogP contribution < -0.4 is 0 Å². The molecule has 0 aromatic carbocycles. The largest absolute Gasteiger partial charge is 0.283 e. The molecule has 0 saturated carbocycles. The van der Waals surface area contributed by atoms with Gasteiger partial charge in [-0.3, -0.25) is 14.5 Å². The molecule has 0 radical (unpaired) electrons. The van der Waals surface area contributed by atoms with Gasteiger partial charge in [0.25, 0.3) is 0 Å². The van der Waals surface area contributed by atoms with Crippen molar-refractivity contribution in [2.75, 3.05) is 6.54 Å². The lowest BCUT2D eigenvalue weighted by Crippen LogP contribution is -2.32. The van der Waals surface area contributed by atoms with Gasteiger partial charge in [-0.05, 0) is 6.92 Å². The Hall–Kier alpha value is -0.860. The standard InChI is InChI=1S/C6H11NO2.C2H6/c1-4-7(5(2)8)6(3)9;1-2/h4H2,1-3H3;1-2H3. The van der Waals surface area contributed by atoms with Crippen molar-refractivity contribution in [1.29, 1.82) is 0 Å². The number of rotatable bonds is 1. The summed E-state index contributed by atoms with van der Waals surface area (Å²) in [6.45, 7) is 8.99. The Kier molecular flexibility index (Phi) is 8.43. The predicted molar refractivity (Wildman–Crippen MR) is 45.1 cm³/mol. The second kappa shape index (κ2) is 7.25. The molecule has 0 unspecified atom stereocenters. The fourth-order valence-electron chi connectivity index (χ4n) is 0.667. The summed E-state index contributed by atoms with van der Waals surface area (Å²) in [5, 5.41) is 0. The zero-order chi connectivity index (χ0) is 9.44. The van der Waals surface area contributed by atoms with Crippen molar-refractivity contribution in [3.05, 3.63) is 0 Å². The molecule has 0 aliphatic rings. The first-order valence-electron chi connectivity index (χ1n) is 3.88. The van der Waals surface area contributed by atoms with E-state index in [1.807, 2.05) is 13.8 Å². The van der Waals surface area contributed by atoms with E-state index in [2.05, 4.69) is 0 Å². The molecule has 0 atom stereocenters. The normalized spacial score (nSPS) is 7.73. The second-order valence-electron chi connectivity index (χ2n) is 1.78. The Labute approximate surface area is 68.4 Å². The van der Waals surface area contributed by atoms with E-state index >= 15 is 0 Å². The van der Waals surface area contributed by atoms with Gasteiger partial charge in [-0.1, -0.05) is 13.8 Å². The van der Waals surface area contributed by atoms with Gasteiger partial charge in [-0.15, -0.1) is 0 Å². The van der Waals surface area contributed by atoms with E-state index in [0.29, 0.717) is 6.54 Å². The van der Waals surface area contributed by atoms with Crippen LogP contribution in [0.25, 0.3) is 0 Å². The van der Waals surface area contributed by atoms with Gasteiger partial charge in [0.2, 0.25) is 11.8 Å². The molecule has 0 saturated heterocycles. The highest BCUT2D eigenvalue weighted by molar-refractivity contribution is 5.92. The molecule has 0 spiro atoms. The van der Waals surface area contributed by atoms with Crippen molar-refractivity contribution in [1.82, 2.24) is 4.90 Å². The lowest BCUT2D eigenvalue weighted by atomic mass is 10.5. The summed E-state index contributed by atoms with van der Waals surface area (Å²) in [5.74, 6) is -0.380. The third-order valence-corrected chi connectivity index (χ3v) is 1.08. The SMILES string of the molecule is CC.CCN(C(C)=O)C(C)=O. The Bertz CT molecular complexity index is 118. The molecular formula is C8H17NO2. The molecule has 0 rings (SSSR count). The maximum Gasteiger partial charge on any atom is 0.226 e. The first kappa shape index (κ1) is 12.8. The Balaban J connectivity index is 0. The van der Waals surface area contributed by atoms with E-state index < -0.39 is 0 Å². The third kappa shape index (κ3) is 5.58. The summed E-state index contributed by atoms with van der Waals surface area (Å²) < 4.78 is 0. The molecule has 0 fully saturated rings. The van der Waals surface area contributed by atoms with Crippen LogP contribution in [-0.4, -0.2) is 23.3 Å². The van der Waals surface area contributed by atoms with Crippen molar-refractivity contribution >= 4 is 11.8 Å². The molecular weight excluding hydrogens is 142 g/mol. The number of hydrogen-bond donors (Lipinski definition) is 0. The van der Waals surface area contributed by atoms with Crippen molar-refractivity contribution in [2.24, 2.45) is 0 Å². The van der Waals surface area contributed by atoms with E-state index in [-0.39, 0.29) is 11.8 Å². The number of amides is 2. The maximum absolute atomic E-state index is 10.5. The molecule has 0 N–H and O–H groups in total. The molecule has 0 aromatic heterocycles. The summed E-state index contributed by atoms with van der Waals surface area (Å²) in [4.78, 5) is 22.2. The molecule has 3 heteroatoms. The van der Waals surface area contributed by atoms with Crippen LogP contribution in [0.15, 0.2) is 0 Å². The summed E-state index contributed by atoms with van der Waals surface area (Å²) in [6.07, 6.45) is 0. The van der Waals surface area contributed by atoms with Crippen LogP contribution in [0.2, 0.25) is 0 Å². The number of carbonyl (C=O) groups is 2. The molecule has 2 amide bonds. The number of carbonyl (C=O) groups excluding carboxylic acids is 2. The van der Waals surface area contributed by atoms with Crippen molar-refractivity contribution in [3.63, 3.8) is 0 Å². The molecule has 0 aliphatic heterocycles.